The number of likely N-dealkylation sites (tertiary alicyclic amines) is 1. The molecule has 0 aliphatic carbocycles. The molecule has 0 spiro atoms. The highest BCUT2D eigenvalue weighted by molar-refractivity contribution is 5.81. The first-order valence-corrected chi connectivity index (χ1v) is 12.6. The van der Waals surface area contributed by atoms with Gasteiger partial charge in [-0.2, -0.15) is 0 Å². The molecular formula is C29H35FN2O4. The van der Waals surface area contributed by atoms with Gasteiger partial charge in [0.2, 0.25) is 5.91 Å². The first-order chi connectivity index (χ1) is 17.2. The Kier molecular flexibility index (Phi) is 7.97. The zero-order valence-corrected chi connectivity index (χ0v) is 21.3. The number of benzene rings is 2. The number of ether oxygens (including phenoxy) is 2. The van der Waals surface area contributed by atoms with E-state index in [0.29, 0.717) is 63.4 Å². The van der Waals surface area contributed by atoms with Crippen LogP contribution in [0, 0.1) is 11.7 Å². The number of halogens is 1. The van der Waals surface area contributed by atoms with E-state index in [4.69, 9.17) is 9.47 Å². The normalized spacial score (nSPS) is 16.9. The molecule has 0 atom stereocenters. The molecule has 192 valence electrons. The summed E-state index contributed by atoms with van der Waals surface area (Å²) in [5, 5.41) is 0. The summed E-state index contributed by atoms with van der Waals surface area (Å²) in [6.45, 7) is 7.98. The molecule has 0 unspecified atom stereocenters. The largest absolute Gasteiger partial charge is 0.489 e. The van der Waals surface area contributed by atoms with Gasteiger partial charge in [-0.15, -0.1) is 0 Å². The number of piperidine rings is 1. The maximum atomic E-state index is 14.9. The Hall–Kier alpha value is -3.35. The summed E-state index contributed by atoms with van der Waals surface area (Å²) in [7, 11) is 0. The summed E-state index contributed by atoms with van der Waals surface area (Å²) in [6.07, 6.45) is 3.48. The van der Waals surface area contributed by atoms with Gasteiger partial charge >= 0.3 is 6.09 Å². The molecule has 2 aromatic rings. The van der Waals surface area contributed by atoms with Crippen LogP contribution in [0.1, 0.15) is 51.2 Å². The Balaban J connectivity index is 1.29. The number of nitrogens with zero attached hydrogens (tertiary/aromatic N) is 2. The van der Waals surface area contributed by atoms with Crippen LogP contribution in [0.25, 0.3) is 5.57 Å². The standard InChI is InChI=1S/C29H35FN2O4/c1-29(2,3)36-28(34)32-17-13-23(14-18-32)27(33)31-15-11-22(12-16-31)25-10-9-24(19-26(25)30)35-20-21-7-5-4-6-8-21/h4-11,19,23H,12-18,20H2,1-3H3. The van der Waals surface area contributed by atoms with E-state index in [-0.39, 0.29) is 23.7 Å². The first kappa shape index (κ1) is 25.7. The lowest BCUT2D eigenvalue weighted by molar-refractivity contribution is -0.136. The van der Waals surface area contributed by atoms with Crippen LogP contribution < -0.4 is 4.74 Å². The highest BCUT2D eigenvalue weighted by Gasteiger charge is 2.32. The van der Waals surface area contributed by atoms with Crippen LogP contribution in [0.2, 0.25) is 0 Å². The minimum atomic E-state index is -0.531. The monoisotopic (exact) mass is 494 g/mol. The van der Waals surface area contributed by atoms with Gasteiger partial charge in [0.05, 0.1) is 0 Å². The molecule has 0 bridgehead atoms. The molecule has 0 saturated carbocycles. The molecule has 2 aliphatic rings. The third-order valence-corrected chi connectivity index (χ3v) is 6.55. The van der Waals surface area contributed by atoms with Crippen LogP contribution in [0.15, 0.2) is 54.6 Å². The quantitative estimate of drug-likeness (QED) is 0.538. The lowest BCUT2D eigenvalue weighted by atomic mass is 9.93. The summed E-state index contributed by atoms with van der Waals surface area (Å²) in [6, 6.07) is 14.7. The Bertz CT molecular complexity index is 1100. The summed E-state index contributed by atoms with van der Waals surface area (Å²) >= 11 is 0. The lowest BCUT2D eigenvalue weighted by Crippen LogP contribution is -2.46. The van der Waals surface area contributed by atoms with Gasteiger partial charge in [0.1, 0.15) is 23.8 Å². The van der Waals surface area contributed by atoms with Crippen LogP contribution in [0.5, 0.6) is 5.75 Å². The van der Waals surface area contributed by atoms with E-state index in [9.17, 15) is 14.0 Å². The fourth-order valence-electron chi connectivity index (χ4n) is 4.59. The molecule has 4 rings (SSSR count). The van der Waals surface area contributed by atoms with E-state index in [1.165, 1.54) is 6.07 Å². The van der Waals surface area contributed by atoms with E-state index in [1.807, 2.05) is 62.1 Å². The molecule has 0 aromatic heterocycles. The molecule has 0 radical (unpaired) electrons. The topological polar surface area (TPSA) is 59.1 Å². The molecule has 2 aliphatic heterocycles. The van der Waals surface area contributed by atoms with Gasteiger partial charge in [-0.3, -0.25) is 4.79 Å². The van der Waals surface area contributed by atoms with E-state index in [0.717, 1.165) is 11.1 Å². The van der Waals surface area contributed by atoms with Crippen LogP contribution >= 0.6 is 0 Å². The Labute approximate surface area is 212 Å². The zero-order chi connectivity index (χ0) is 25.7. The number of hydrogen-bond acceptors (Lipinski definition) is 4. The van der Waals surface area contributed by atoms with Gasteiger partial charge in [0, 0.05) is 43.7 Å². The van der Waals surface area contributed by atoms with E-state index < -0.39 is 5.60 Å². The van der Waals surface area contributed by atoms with Crippen molar-refractivity contribution in [2.45, 2.75) is 52.2 Å². The molecule has 1 saturated heterocycles. The van der Waals surface area contributed by atoms with Crippen molar-refractivity contribution in [2.24, 2.45) is 5.92 Å². The van der Waals surface area contributed by atoms with Crippen molar-refractivity contribution in [2.75, 3.05) is 26.2 Å². The van der Waals surface area contributed by atoms with Crippen molar-refractivity contribution < 1.29 is 23.5 Å². The van der Waals surface area contributed by atoms with Crippen LogP contribution in [0.4, 0.5) is 9.18 Å². The summed E-state index contributed by atoms with van der Waals surface area (Å²) in [5.74, 6) is 0.183. The summed E-state index contributed by atoms with van der Waals surface area (Å²) < 4.78 is 26.0. The minimum Gasteiger partial charge on any atom is -0.489 e. The second-order valence-corrected chi connectivity index (χ2v) is 10.4. The molecule has 2 heterocycles. The fourth-order valence-corrected chi connectivity index (χ4v) is 4.59. The molecular weight excluding hydrogens is 459 g/mol. The second kappa shape index (κ2) is 11.1. The highest BCUT2D eigenvalue weighted by atomic mass is 19.1. The number of amides is 2. The van der Waals surface area contributed by atoms with E-state index in [2.05, 4.69) is 0 Å². The van der Waals surface area contributed by atoms with Crippen LogP contribution in [0.3, 0.4) is 0 Å². The fraction of sp³-hybridized carbons (Fsp3) is 0.448. The third kappa shape index (κ3) is 6.65. The Morgan fingerprint density at radius 3 is 2.33 bits per heavy atom. The number of carbonyl (C=O) groups excluding carboxylic acids is 2. The summed E-state index contributed by atoms with van der Waals surface area (Å²) in [5.41, 5.74) is 1.96. The molecule has 0 N–H and O–H groups in total. The van der Waals surface area contributed by atoms with Crippen LogP contribution in [-0.2, 0) is 16.1 Å². The Morgan fingerprint density at radius 1 is 1.00 bits per heavy atom. The molecule has 1 fully saturated rings. The van der Waals surface area contributed by atoms with Crippen molar-refractivity contribution in [1.82, 2.24) is 9.80 Å². The van der Waals surface area contributed by atoms with Gasteiger partial charge in [0.25, 0.3) is 0 Å². The van der Waals surface area contributed by atoms with Crippen molar-refractivity contribution in [1.29, 1.82) is 0 Å². The SMILES string of the molecule is CC(C)(C)OC(=O)N1CCC(C(=O)N2CC=C(c3ccc(OCc4ccccc4)cc3F)CC2)CC1. The van der Waals surface area contributed by atoms with Crippen molar-refractivity contribution >= 4 is 17.6 Å². The molecule has 2 amide bonds. The number of carbonyl (C=O) groups is 2. The van der Waals surface area contributed by atoms with Crippen molar-refractivity contribution in [3.8, 4) is 5.75 Å². The third-order valence-electron chi connectivity index (χ3n) is 6.55. The van der Waals surface area contributed by atoms with Gasteiger partial charge in [-0.25, -0.2) is 9.18 Å². The maximum absolute atomic E-state index is 14.9. The van der Waals surface area contributed by atoms with Gasteiger partial charge < -0.3 is 19.3 Å². The minimum absolute atomic E-state index is 0.101. The first-order valence-electron chi connectivity index (χ1n) is 12.6. The second-order valence-electron chi connectivity index (χ2n) is 10.4. The van der Waals surface area contributed by atoms with Gasteiger partial charge in [-0.05, 0) is 63.3 Å². The smallest absolute Gasteiger partial charge is 0.410 e. The zero-order valence-electron chi connectivity index (χ0n) is 21.3. The highest BCUT2D eigenvalue weighted by Crippen LogP contribution is 2.29. The molecule has 6 nitrogen and oxygen atoms in total. The van der Waals surface area contributed by atoms with E-state index in [1.54, 1.807) is 17.0 Å². The van der Waals surface area contributed by atoms with Crippen molar-refractivity contribution in [3.63, 3.8) is 0 Å². The average molecular weight is 495 g/mol. The van der Waals surface area contributed by atoms with Crippen LogP contribution in [-0.4, -0.2) is 53.6 Å². The molecule has 2 aromatic carbocycles. The molecule has 7 heteroatoms. The average Bonchev–Trinajstić information content (AvgIpc) is 2.87. The van der Waals surface area contributed by atoms with E-state index >= 15 is 0 Å². The number of rotatable bonds is 5. The summed E-state index contributed by atoms with van der Waals surface area (Å²) in [4.78, 5) is 28.9. The van der Waals surface area contributed by atoms with Gasteiger partial charge in [0.15, 0.2) is 0 Å². The lowest BCUT2D eigenvalue weighted by Gasteiger charge is -2.36. The molecule has 36 heavy (non-hydrogen) atoms. The van der Waals surface area contributed by atoms with Gasteiger partial charge in [-0.1, -0.05) is 36.4 Å². The maximum Gasteiger partial charge on any atom is 0.410 e. The predicted molar refractivity (Wildman–Crippen MR) is 137 cm³/mol. The van der Waals surface area contributed by atoms with Crippen molar-refractivity contribution in [3.05, 3.63) is 71.6 Å². The number of hydrogen-bond donors (Lipinski definition) is 0. The Morgan fingerprint density at radius 2 is 1.72 bits per heavy atom. The predicted octanol–water partition coefficient (Wildman–Crippen LogP) is 5.67.